The maximum Gasteiger partial charge on any atom is 0.337 e. The van der Waals surface area contributed by atoms with E-state index in [9.17, 15) is 9.59 Å². The molecule has 33 heavy (non-hydrogen) atoms. The Labute approximate surface area is 193 Å². The van der Waals surface area contributed by atoms with Crippen LogP contribution in [-0.4, -0.2) is 45.2 Å². The van der Waals surface area contributed by atoms with Crippen LogP contribution in [0.5, 0.6) is 5.75 Å². The van der Waals surface area contributed by atoms with E-state index < -0.39 is 0 Å². The topological polar surface area (TPSA) is 85.1 Å². The first-order valence-corrected chi connectivity index (χ1v) is 11.0. The Morgan fingerprint density at radius 3 is 2.52 bits per heavy atom. The normalized spacial score (nSPS) is 15.3. The van der Waals surface area contributed by atoms with Gasteiger partial charge < -0.3 is 25.0 Å². The molecule has 0 spiro atoms. The van der Waals surface area contributed by atoms with Gasteiger partial charge >= 0.3 is 5.97 Å². The Bertz CT molecular complexity index is 1190. The van der Waals surface area contributed by atoms with Crippen molar-refractivity contribution in [2.45, 2.75) is 25.9 Å². The molecule has 172 valence electrons. The van der Waals surface area contributed by atoms with Crippen LogP contribution in [0.1, 0.15) is 29.3 Å². The third-order valence-corrected chi connectivity index (χ3v) is 6.18. The van der Waals surface area contributed by atoms with Crippen LogP contribution in [-0.2, 0) is 16.1 Å². The van der Waals surface area contributed by atoms with Crippen LogP contribution < -0.4 is 20.3 Å². The summed E-state index contributed by atoms with van der Waals surface area (Å²) in [5.74, 6) is 0.448. The number of ether oxygens (including phenoxy) is 2. The molecular weight excluding hydrogens is 418 g/mol. The smallest absolute Gasteiger partial charge is 0.337 e. The van der Waals surface area contributed by atoms with Crippen LogP contribution in [0, 0.1) is 0 Å². The van der Waals surface area contributed by atoms with E-state index in [0.29, 0.717) is 31.6 Å². The molecule has 1 heterocycles. The van der Waals surface area contributed by atoms with Gasteiger partial charge in [-0.25, -0.2) is 4.79 Å². The minimum Gasteiger partial charge on any atom is -0.496 e. The summed E-state index contributed by atoms with van der Waals surface area (Å²) < 4.78 is 10.6. The van der Waals surface area contributed by atoms with Crippen molar-refractivity contribution in [3.63, 3.8) is 0 Å². The van der Waals surface area contributed by atoms with Gasteiger partial charge in [0.05, 0.1) is 31.2 Å². The summed E-state index contributed by atoms with van der Waals surface area (Å²) in [5.41, 5.74) is 9.05. The molecule has 0 aliphatic carbocycles. The maximum absolute atomic E-state index is 12.7. The fraction of sp³-hybridized carbons (Fsp3) is 0.308. The summed E-state index contributed by atoms with van der Waals surface area (Å²) in [6.45, 7) is 3.62. The number of rotatable bonds is 6. The number of para-hydroxylation sites is 2. The van der Waals surface area contributed by atoms with E-state index in [0.717, 1.165) is 33.5 Å². The summed E-state index contributed by atoms with van der Waals surface area (Å²) in [6, 6.07) is 17.5. The van der Waals surface area contributed by atoms with Crippen LogP contribution in [0.15, 0.2) is 54.6 Å². The maximum atomic E-state index is 12.7. The van der Waals surface area contributed by atoms with Gasteiger partial charge in [0.25, 0.3) is 0 Å². The zero-order valence-corrected chi connectivity index (χ0v) is 19.2. The first kappa shape index (κ1) is 22.6. The lowest BCUT2D eigenvalue weighted by Crippen LogP contribution is -2.49. The van der Waals surface area contributed by atoms with E-state index in [2.05, 4.69) is 11.8 Å². The number of carbonyl (C=O) groups excluding carboxylic acids is 2. The first-order chi connectivity index (χ1) is 16.0. The van der Waals surface area contributed by atoms with Crippen molar-refractivity contribution < 1.29 is 19.1 Å². The Morgan fingerprint density at radius 1 is 1.06 bits per heavy atom. The third-order valence-electron chi connectivity index (χ3n) is 6.18. The fourth-order valence-electron chi connectivity index (χ4n) is 4.51. The van der Waals surface area contributed by atoms with Gasteiger partial charge in [0, 0.05) is 37.7 Å². The molecule has 2 N–H and O–H groups in total. The Kier molecular flexibility index (Phi) is 6.51. The van der Waals surface area contributed by atoms with Gasteiger partial charge in [0.1, 0.15) is 5.75 Å². The van der Waals surface area contributed by atoms with E-state index in [1.165, 1.54) is 7.11 Å². The number of carbonyl (C=O) groups is 2. The molecule has 3 aromatic rings. The number of hydrogen-bond acceptors (Lipinski definition) is 6. The lowest BCUT2D eigenvalue weighted by Gasteiger charge is -2.42. The molecule has 1 aliphatic rings. The molecule has 0 fully saturated rings. The van der Waals surface area contributed by atoms with Gasteiger partial charge in [-0.1, -0.05) is 24.3 Å². The molecule has 7 heteroatoms. The average Bonchev–Trinajstić information content (AvgIpc) is 2.84. The van der Waals surface area contributed by atoms with Crippen molar-refractivity contribution in [2.24, 2.45) is 5.73 Å². The minimum absolute atomic E-state index is 0.0366. The predicted octanol–water partition coefficient (Wildman–Crippen LogP) is 3.73. The molecule has 0 bridgehead atoms. The Hall–Kier alpha value is -3.58. The van der Waals surface area contributed by atoms with Crippen molar-refractivity contribution in [3.8, 4) is 5.75 Å². The van der Waals surface area contributed by atoms with E-state index in [-0.39, 0.29) is 17.9 Å². The molecular formula is C26H29N3O4. The quantitative estimate of drug-likeness (QED) is 0.580. The second kappa shape index (κ2) is 9.50. The first-order valence-electron chi connectivity index (χ1n) is 11.0. The van der Waals surface area contributed by atoms with Gasteiger partial charge in [-0.3, -0.25) is 4.79 Å². The van der Waals surface area contributed by atoms with Gasteiger partial charge in [0.2, 0.25) is 5.91 Å². The molecule has 0 aromatic heterocycles. The zero-order chi connectivity index (χ0) is 23.5. The van der Waals surface area contributed by atoms with Gasteiger partial charge in [0.15, 0.2) is 0 Å². The van der Waals surface area contributed by atoms with E-state index in [4.69, 9.17) is 15.2 Å². The molecule has 1 amide bonds. The fourth-order valence-corrected chi connectivity index (χ4v) is 4.51. The lowest BCUT2D eigenvalue weighted by atomic mass is 9.99. The summed E-state index contributed by atoms with van der Waals surface area (Å²) in [7, 11) is 3.04. The number of esters is 1. The molecule has 1 unspecified atom stereocenters. The van der Waals surface area contributed by atoms with Crippen molar-refractivity contribution in [3.05, 3.63) is 65.7 Å². The number of amides is 1. The van der Waals surface area contributed by atoms with Crippen LogP contribution in [0.25, 0.3) is 10.8 Å². The van der Waals surface area contributed by atoms with Crippen LogP contribution >= 0.6 is 0 Å². The Balaban J connectivity index is 1.77. The number of nitrogens with two attached hydrogens (primary N) is 1. The molecule has 0 saturated heterocycles. The highest BCUT2D eigenvalue weighted by atomic mass is 16.5. The summed E-state index contributed by atoms with van der Waals surface area (Å²) in [5, 5.41) is 1.94. The van der Waals surface area contributed by atoms with Crippen LogP contribution in [0.2, 0.25) is 0 Å². The molecule has 1 aliphatic heterocycles. The van der Waals surface area contributed by atoms with Gasteiger partial charge in [-0.05, 0) is 48.0 Å². The number of fused-ring (bicyclic) bond motifs is 2. The van der Waals surface area contributed by atoms with E-state index in [1.807, 2.05) is 53.4 Å². The molecule has 3 aromatic carbocycles. The second-order valence-electron chi connectivity index (χ2n) is 8.18. The highest BCUT2D eigenvalue weighted by molar-refractivity contribution is 5.99. The number of anilines is 2. The predicted molar refractivity (Wildman–Crippen MR) is 130 cm³/mol. The van der Waals surface area contributed by atoms with Crippen LogP contribution in [0.4, 0.5) is 11.4 Å². The Morgan fingerprint density at radius 2 is 1.82 bits per heavy atom. The largest absolute Gasteiger partial charge is 0.496 e. The molecule has 7 nitrogen and oxygen atoms in total. The van der Waals surface area contributed by atoms with Crippen molar-refractivity contribution >= 4 is 34.0 Å². The third kappa shape index (κ3) is 4.24. The monoisotopic (exact) mass is 447 g/mol. The lowest BCUT2D eigenvalue weighted by molar-refractivity contribution is -0.118. The molecule has 1 atom stereocenters. The summed E-state index contributed by atoms with van der Waals surface area (Å²) in [6.07, 6.45) is 0.320. The molecule has 0 radical (unpaired) electrons. The summed E-state index contributed by atoms with van der Waals surface area (Å²) in [4.78, 5) is 28.9. The minimum atomic E-state index is -0.366. The second-order valence-corrected chi connectivity index (χ2v) is 8.18. The summed E-state index contributed by atoms with van der Waals surface area (Å²) >= 11 is 0. The van der Waals surface area contributed by atoms with Gasteiger partial charge in [-0.15, -0.1) is 0 Å². The van der Waals surface area contributed by atoms with E-state index >= 15 is 0 Å². The SMILES string of the molecule is COC(=O)c1ccc2c(CN3c4ccccc4N(C(=O)CCN)CC3C)c(OC)ccc2c1. The molecule has 0 saturated carbocycles. The van der Waals surface area contributed by atoms with Crippen molar-refractivity contribution in [1.82, 2.24) is 0 Å². The molecule has 4 rings (SSSR count). The highest BCUT2D eigenvalue weighted by Gasteiger charge is 2.31. The van der Waals surface area contributed by atoms with Crippen molar-refractivity contribution in [1.29, 1.82) is 0 Å². The number of benzene rings is 3. The standard InChI is InChI=1S/C26H29N3O4/c1-17-15-29(25(30)12-13-27)23-7-5-4-6-22(23)28(17)16-21-20-10-8-19(26(31)33-3)14-18(20)9-11-24(21)32-2/h4-11,14,17H,12-13,15-16,27H2,1-3H3. The van der Waals surface area contributed by atoms with Gasteiger partial charge in [-0.2, -0.15) is 0 Å². The number of methoxy groups -OCH3 is 2. The zero-order valence-electron chi connectivity index (χ0n) is 19.2. The number of nitrogens with zero attached hydrogens (tertiary/aromatic N) is 2. The number of hydrogen-bond donors (Lipinski definition) is 1. The van der Waals surface area contributed by atoms with E-state index in [1.54, 1.807) is 13.2 Å². The van der Waals surface area contributed by atoms with Crippen molar-refractivity contribution in [2.75, 3.05) is 37.1 Å². The highest BCUT2D eigenvalue weighted by Crippen LogP contribution is 2.39. The average molecular weight is 448 g/mol. The van der Waals surface area contributed by atoms with Crippen LogP contribution in [0.3, 0.4) is 0 Å².